The second-order valence-corrected chi connectivity index (χ2v) is 5.00. The van der Waals surface area contributed by atoms with Gasteiger partial charge in [0, 0.05) is 0 Å². The molecule has 0 atom stereocenters. The predicted molar refractivity (Wildman–Crippen MR) is 63.1 cm³/mol. The van der Waals surface area contributed by atoms with Gasteiger partial charge >= 0.3 is 0 Å². The molecule has 1 aliphatic heterocycles. The fourth-order valence-corrected chi connectivity index (χ4v) is 1.47. The maximum atomic E-state index is 11.8. The summed E-state index contributed by atoms with van der Waals surface area (Å²) in [6, 6.07) is 0. The van der Waals surface area contributed by atoms with Crippen LogP contribution in [0.4, 0.5) is 4.39 Å². The molecule has 96 valence electrons. The lowest BCUT2D eigenvalue weighted by molar-refractivity contribution is -0.138. The first-order valence-electron chi connectivity index (χ1n) is 5.87. The first kappa shape index (κ1) is 15.4. The molecule has 1 N–H and O–H groups in total. The van der Waals surface area contributed by atoms with Crippen molar-refractivity contribution in [2.45, 2.75) is 45.6 Å². The number of carbonyl (C=O) groups is 1. The Morgan fingerprint density at radius 1 is 1.38 bits per heavy atom. The quantitative estimate of drug-likeness (QED) is 0.760. The molecule has 0 saturated carbocycles. The highest BCUT2D eigenvalue weighted by Crippen LogP contribution is 2.15. The molecule has 4 heteroatoms. The number of hydrogen-bond donors (Lipinski definition) is 1. The van der Waals surface area contributed by atoms with E-state index in [-0.39, 0.29) is 12.3 Å². The Morgan fingerprint density at radius 2 is 1.94 bits per heavy atom. The SMILES string of the molecule is CC(C)(C)OC=O.FCCC1CCNCC1. The van der Waals surface area contributed by atoms with Crippen molar-refractivity contribution >= 4 is 6.47 Å². The minimum Gasteiger partial charge on any atom is -0.462 e. The molecule has 1 aliphatic rings. The van der Waals surface area contributed by atoms with Crippen LogP contribution < -0.4 is 5.32 Å². The average molecular weight is 233 g/mol. The zero-order valence-corrected chi connectivity index (χ0v) is 10.6. The number of hydrogen-bond acceptors (Lipinski definition) is 3. The van der Waals surface area contributed by atoms with Gasteiger partial charge in [-0.25, -0.2) is 0 Å². The van der Waals surface area contributed by atoms with E-state index in [0.29, 0.717) is 12.4 Å². The number of piperidine rings is 1. The van der Waals surface area contributed by atoms with Gasteiger partial charge in [-0.3, -0.25) is 9.18 Å². The molecule has 1 heterocycles. The highest BCUT2D eigenvalue weighted by molar-refractivity contribution is 5.37. The van der Waals surface area contributed by atoms with Gasteiger partial charge in [-0.05, 0) is 59.0 Å². The maximum Gasteiger partial charge on any atom is 0.293 e. The number of nitrogens with one attached hydrogen (secondary N) is 1. The third-order valence-corrected chi connectivity index (χ3v) is 2.38. The van der Waals surface area contributed by atoms with Gasteiger partial charge in [0.05, 0.1) is 6.67 Å². The summed E-state index contributed by atoms with van der Waals surface area (Å²) in [6.07, 6.45) is 3.12. The summed E-state index contributed by atoms with van der Waals surface area (Å²) in [5, 5.41) is 3.25. The monoisotopic (exact) mass is 233 g/mol. The van der Waals surface area contributed by atoms with Crippen LogP contribution in [0.2, 0.25) is 0 Å². The molecule has 0 amide bonds. The smallest absolute Gasteiger partial charge is 0.293 e. The third kappa shape index (κ3) is 9.90. The maximum absolute atomic E-state index is 11.8. The second-order valence-electron chi connectivity index (χ2n) is 5.00. The topological polar surface area (TPSA) is 38.3 Å². The van der Waals surface area contributed by atoms with Crippen molar-refractivity contribution in [2.24, 2.45) is 5.92 Å². The Kier molecular flexibility index (Phi) is 8.16. The van der Waals surface area contributed by atoms with Gasteiger partial charge in [0.25, 0.3) is 6.47 Å². The summed E-state index contributed by atoms with van der Waals surface area (Å²) < 4.78 is 16.3. The summed E-state index contributed by atoms with van der Waals surface area (Å²) >= 11 is 0. The molecule has 0 spiro atoms. The fourth-order valence-electron chi connectivity index (χ4n) is 1.47. The van der Waals surface area contributed by atoms with Gasteiger partial charge in [0.15, 0.2) is 0 Å². The standard InChI is InChI=1S/C7H14FN.C5H10O2/c8-4-1-7-2-5-9-6-3-7;1-5(2,3)7-4-6/h7,9H,1-6H2;4H,1-3H3. The normalized spacial score (nSPS) is 17.2. The predicted octanol–water partition coefficient (Wildman–Crippen LogP) is 2.30. The van der Waals surface area contributed by atoms with E-state index in [0.717, 1.165) is 19.5 Å². The van der Waals surface area contributed by atoms with Crippen molar-refractivity contribution in [3.63, 3.8) is 0 Å². The minimum atomic E-state index is -0.318. The lowest BCUT2D eigenvalue weighted by Crippen LogP contribution is -2.27. The Morgan fingerprint density at radius 3 is 2.25 bits per heavy atom. The summed E-state index contributed by atoms with van der Waals surface area (Å²) in [7, 11) is 0. The van der Waals surface area contributed by atoms with Crippen LogP contribution in [0.15, 0.2) is 0 Å². The molecular formula is C12H24FNO2. The highest BCUT2D eigenvalue weighted by atomic mass is 19.1. The summed E-state index contributed by atoms with van der Waals surface area (Å²) in [5.74, 6) is 0.663. The van der Waals surface area contributed by atoms with Gasteiger partial charge < -0.3 is 10.1 Å². The van der Waals surface area contributed by atoms with E-state index in [9.17, 15) is 9.18 Å². The average Bonchev–Trinajstić information content (AvgIpc) is 2.19. The zero-order valence-electron chi connectivity index (χ0n) is 10.6. The lowest BCUT2D eigenvalue weighted by atomic mass is 9.95. The Bertz CT molecular complexity index is 172. The summed E-state index contributed by atoms with van der Waals surface area (Å²) in [6.45, 7) is 7.96. The van der Waals surface area contributed by atoms with Crippen LogP contribution >= 0.6 is 0 Å². The molecule has 16 heavy (non-hydrogen) atoms. The Labute approximate surface area is 97.7 Å². The molecular weight excluding hydrogens is 209 g/mol. The van der Waals surface area contributed by atoms with E-state index in [4.69, 9.17) is 0 Å². The van der Waals surface area contributed by atoms with Crippen LogP contribution in [-0.2, 0) is 9.53 Å². The van der Waals surface area contributed by atoms with Crippen molar-refractivity contribution in [2.75, 3.05) is 19.8 Å². The first-order chi connectivity index (χ1) is 7.49. The van der Waals surface area contributed by atoms with E-state index < -0.39 is 0 Å². The van der Waals surface area contributed by atoms with Gasteiger partial charge in [0.1, 0.15) is 5.60 Å². The van der Waals surface area contributed by atoms with Gasteiger partial charge in [0.2, 0.25) is 0 Å². The molecule has 3 nitrogen and oxygen atoms in total. The van der Waals surface area contributed by atoms with Crippen LogP contribution in [-0.4, -0.2) is 31.8 Å². The second kappa shape index (κ2) is 8.50. The third-order valence-electron chi connectivity index (χ3n) is 2.38. The van der Waals surface area contributed by atoms with Gasteiger partial charge in [-0.2, -0.15) is 0 Å². The van der Waals surface area contributed by atoms with Crippen molar-refractivity contribution < 1.29 is 13.9 Å². The van der Waals surface area contributed by atoms with Crippen molar-refractivity contribution in [3.05, 3.63) is 0 Å². The molecule has 0 bridgehead atoms. The van der Waals surface area contributed by atoms with Crippen LogP contribution in [0.3, 0.4) is 0 Å². The molecule has 0 aromatic carbocycles. The molecule has 1 fully saturated rings. The number of rotatable bonds is 3. The lowest BCUT2D eigenvalue weighted by Gasteiger charge is -2.20. The zero-order chi connectivity index (χ0) is 12.4. The Hall–Kier alpha value is -0.640. The van der Waals surface area contributed by atoms with E-state index in [1.165, 1.54) is 12.8 Å². The molecule has 0 aromatic rings. The van der Waals surface area contributed by atoms with Gasteiger partial charge in [-0.15, -0.1) is 0 Å². The molecule has 0 aliphatic carbocycles. The molecule has 0 unspecified atom stereocenters. The van der Waals surface area contributed by atoms with Crippen LogP contribution in [0.25, 0.3) is 0 Å². The van der Waals surface area contributed by atoms with Gasteiger partial charge in [-0.1, -0.05) is 0 Å². The first-order valence-corrected chi connectivity index (χ1v) is 5.87. The number of ether oxygens (including phenoxy) is 1. The fraction of sp³-hybridized carbons (Fsp3) is 0.917. The molecule has 0 radical (unpaired) electrons. The van der Waals surface area contributed by atoms with E-state index in [1.54, 1.807) is 0 Å². The molecule has 1 rings (SSSR count). The van der Waals surface area contributed by atoms with Crippen LogP contribution in [0.5, 0.6) is 0 Å². The number of carbonyl (C=O) groups excluding carboxylic acids is 1. The molecule has 0 aromatic heterocycles. The van der Waals surface area contributed by atoms with Crippen molar-refractivity contribution in [1.82, 2.24) is 5.32 Å². The van der Waals surface area contributed by atoms with E-state index in [2.05, 4.69) is 10.1 Å². The van der Waals surface area contributed by atoms with Crippen molar-refractivity contribution in [1.29, 1.82) is 0 Å². The highest BCUT2D eigenvalue weighted by Gasteiger charge is 2.11. The van der Waals surface area contributed by atoms with E-state index >= 15 is 0 Å². The minimum absolute atomic E-state index is 0.134. The Balaban J connectivity index is 0.000000293. The number of halogens is 1. The summed E-state index contributed by atoms with van der Waals surface area (Å²) in [5.41, 5.74) is -0.318. The van der Waals surface area contributed by atoms with Crippen LogP contribution in [0.1, 0.15) is 40.0 Å². The largest absolute Gasteiger partial charge is 0.462 e. The van der Waals surface area contributed by atoms with E-state index in [1.807, 2.05) is 20.8 Å². The number of alkyl halides is 1. The van der Waals surface area contributed by atoms with Crippen molar-refractivity contribution in [3.8, 4) is 0 Å². The summed E-state index contributed by atoms with van der Waals surface area (Å²) in [4.78, 5) is 9.60. The molecule has 1 saturated heterocycles. The van der Waals surface area contributed by atoms with Crippen LogP contribution in [0, 0.1) is 5.92 Å².